The lowest BCUT2D eigenvalue weighted by Crippen LogP contribution is -2.39. The lowest BCUT2D eigenvalue weighted by Gasteiger charge is -2.33. The molecule has 0 unspecified atom stereocenters. The van der Waals surface area contributed by atoms with Crippen molar-refractivity contribution in [2.45, 2.75) is 5.79 Å². The first-order valence-corrected chi connectivity index (χ1v) is 13.2. The molecule has 0 saturated heterocycles. The van der Waals surface area contributed by atoms with E-state index in [1.165, 1.54) is 48.5 Å². The molecule has 0 N–H and O–H groups in total. The molecule has 5 rings (SSSR count). The largest absolute Gasteiger partial charge is 0.488 e. The number of ether oxygens (including phenoxy) is 2. The molecule has 0 fully saturated rings. The summed E-state index contributed by atoms with van der Waals surface area (Å²) in [5, 5.41) is 0. The molecule has 0 aromatic heterocycles. The van der Waals surface area contributed by atoms with E-state index in [0.29, 0.717) is 11.1 Å². The average Bonchev–Trinajstić information content (AvgIpc) is 3.10. The fourth-order valence-corrected chi connectivity index (χ4v) is 4.77. The quantitative estimate of drug-likeness (QED) is 0.219. The minimum absolute atomic E-state index is 0.235. The van der Waals surface area contributed by atoms with Gasteiger partial charge in [-0.1, -0.05) is 56.3 Å². The molecule has 0 radical (unpaired) electrons. The van der Waals surface area contributed by atoms with Crippen molar-refractivity contribution in [2.24, 2.45) is 0 Å². The molecule has 12 heteroatoms. The number of hydrogen-bond donors (Lipinski definition) is 0. The van der Waals surface area contributed by atoms with E-state index in [0.717, 1.165) is 11.1 Å². The Balaban J connectivity index is 1.58. The Morgan fingerprint density at radius 2 is 0.811 bits per heavy atom. The molecule has 0 amide bonds. The molecule has 0 spiro atoms. The predicted octanol–water partition coefficient (Wildman–Crippen LogP) is 5.21. The summed E-state index contributed by atoms with van der Waals surface area (Å²) in [6.07, 6.45) is 0. The van der Waals surface area contributed by atoms with Gasteiger partial charge in [-0.2, -0.15) is 16.8 Å². The van der Waals surface area contributed by atoms with E-state index >= 15 is 0 Å². The van der Waals surface area contributed by atoms with Gasteiger partial charge in [0.15, 0.2) is 0 Å². The van der Waals surface area contributed by atoms with Gasteiger partial charge in [-0.3, -0.25) is 0 Å². The van der Waals surface area contributed by atoms with Crippen LogP contribution in [0, 0.1) is 0 Å². The minimum atomic E-state index is -5.20. The lowest BCUT2D eigenvalue weighted by atomic mass is 10.0. The summed E-state index contributed by atoms with van der Waals surface area (Å²) >= 11 is 0. The first-order valence-electron chi connectivity index (χ1n) is 10.6. The van der Waals surface area contributed by atoms with Gasteiger partial charge in [-0.25, -0.2) is 0 Å². The normalized spacial score (nSPS) is 13.8. The maximum absolute atomic E-state index is 12.9. The van der Waals surface area contributed by atoms with Gasteiger partial charge in [-0.15, -0.1) is 0 Å². The minimum Gasteiger partial charge on any atom is -0.444 e. The molecular formula is C25H16F2O8S2. The molecule has 0 heterocycles. The zero-order valence-electron chi connectivity index (χ0n) is 18.6. The third-order valence-corrected chi connectivity index (χ3v) is 6.20. The maximum Gasteiger partial charge on any atom is 0.488 e. The fourth-order valence-electron chi connectivity index (χ4n) is 4.08. The van der Waals surface area contributed by atoms with Gasteiger partial charge in [0.2, 0.25) is 0 Å². The Morgan fingerprint density at radius 3 is 1.16 bits per heavy atom. The molecule has 8 nitrogen and oxygen atoms in total. The topological polar surface area (TPSA) is 105 Å². The van der Waals surface area contributed by atoms with Gasteiger partial charge in [0.25, 0.3) is 0 Å². The number of benzene rings is 4. The molecule has 37 heavy (non-hydrogen) atoms. The number of rotatable bonds is 8. The van der Waals surface area contributed by atoms with Crippen molar-refractivity contribution >= 4 is 21.0 Å². The second-order valence-corrected chi connectivity index (χ2v) is 9.71. The monoisotopic (exact) mass is 546 g/mol. The van der Waals surface area contributed by atoms with Crippen molar-refractivity contribution < 1.29 is 42.4 Å². The SMILES string of the molecule is O=S(=O)(F)Oc1ccc(OC2(Oc3ccc(OS(=O)(=O)F)cc3)c3ccccc3-c3ccccc32)cc1. The van der Waals surface area contributed by atoms with Crippen molar-refractivity contribution in [3.8, 4) is 34.1 Å². The third kappa shape index (κ3) is 5.20. The van der Waals surface area contributed by atoms with Crippen molar-refractivity contribution in [3.63, 3.8) is 0 Å². The molecule has 190 valence electrons. The Morgan fingerprint density at radius 1 is 0.486 bits per heavy atom. The highest BCUT2D eigenvalue weighted by molar-refractivity contribution is 7.82. The first-order chi connectivity index (χ1) is 17.5. The molecule has 1 aliphatic rings. The summed E-state index contributed by atoms with van der Waals surface area (Å²) in [6, 6.07) is 25.2. The van der Waals surface area contributed by atoms with Gasteiger partial charge in [-0.05, 0) is 59.7 Å². The van der Waals surface area contributed by atoms with Crippen LogP contribution in [0.1, 0.15) is 11.1 Å². The van der Waals surface area contributed by atoms with E-state index in [1.807, 2.05) is 36.4 Å². The van der Waals surface area contributed by atoms with E-state index in [4.69, 9.17) is 9.47 Å². The number of fused-ring (bicyclic) bond motifs is 3. The van der Waals surface area contributed by atoms with Gasteiger partial charge < -0.3 is 17.8 Å². The van der Waals surface area contributed by atoms with Crippen molar-refractivity contribution in [2.75, 3.05) is 0 Å². The summed E-state index contributed by atoms with van der Waals surface area (Å²) in [6.45, 7) is 0. The van der Waals surface area contributed by atoms with Crippen LogP contribution in [-0.2, 0) is 26.8 Å². The Labute approximate surface area is 211 Å². The van der Waals surface area contributed by atoms with E-state index in [-0.39, 0.29) is 23.0 Å². The van der Waals surface area contributed by atoms with E-state index < -0.39 is 26.8 Å². The van der Waals surface area contributed by atoms with Crippen LogP contribution in [-0.4, -0.2) is 16.8 Å². The second-order valence-electron chi connectivity index (χ2n) is 7.81. The van der Waals surface area contributed by atoms with Crippen LogP contribution in [0.25, 0.3) is 11.1 Å². The average molecular weight is 547 g/mol. The first kappa shape index (κ1) is 24.5. The van der Waals surface area contributed by atoms with Crippen LogP contribution in [0.5, 0.6) is 23.0 Å². The van der Waals surface area contributed by atoms with Crippen LogP contribution >= 0.6 is 0 Å². The molecule has 0 aliphatic heterocycles. The molecule has 1 aliphatic carbocycles. The smallest absolute Gasteiger partial charge is 0.444 e. The zero-order chi connectivity index (χ0) is 26.3. The zero-order valence-corrected chi connectivity index (χ0v) is 20.2. The van der Waals surface area contributed by atoms with Crippen LogP contribution in [0.3, 0.4) is 0 Å². The standard InChI is InChI=1S/C25H16F2O8S2/c26-36(28,29)34-19-13-9-17(10-14-19)32-25(33-18-11-15-20(16-12-18)35-37(27,30)31)23-7-3-1-5-21(23)22-6-2-4-8-24(22)25/h1-16H. The van der Waals surface area contributed by atoms with Crippen molar-refractivity contribution in [1.29, 1.82) is 0 Å². The summed E-state index contributed by atoms with van der Waals surface area (Å²) in [5.41, 5.74) is 2.97. The Hall–Kier alpha value is -4.16. The van der Waals surface area contributed by atoms with Gasteiger partial charge in [0.05, 0.1) is 0 Å². The Bertz CT molecular complexity index is 1540. The van der Waals surface area contributed by atoms with Crippen LogP contribution in [0.15, 0.2) is 97.1 Å². The van der Waals surface area contributed by atoms with Gasteiger partial charge in [0, 0.05) is 11.1 Å². The summed E-state index contributed by atoms with van der Waals surface area (Å²) in [4.78, 5) is 0. The van der Waals surface area contributed by atoms with Crippen LogP contribution in [0.4, 0.5) is 7.77 Å². The maximum atomic E-state index is 12.9. The number of halogens is 2. The van der Waals surface area contributed by atoms with Crippen LogP contribution in [0.2, 0.25) is 0 Å². The Kier molecular flexibility index (Phi) is 6.00. The van der Waals surface area contributed by atoms with Crippen molar-refractivity contribution in [1.82, 2.24) is 0 Å². The highest BCUT2D eigenvalue weighted by atomic mass is 32.3. The van der Waals surface area contributed by atoms with Crippen LogP contribution < -0.4 is 17.8 Å². The van der Waals surface area contributed by atoms with Crippen molar-refractivity contribution in [3.05, 3.63) is 108 Å². The number of hydrogen-bond acceptors (Lipinski definition) is 8. The van der Waals surface area contributed by atoms with Gasteiger partial charge in [0.1, 0.15) is 23.0 Å². The second kappa shape index (κ2) is 9.05. The molecular weight excluding hydrogens is 530 g/mol. The van der Waals surface area contributed by atoms with E-state index in [9.17, 15) is 24.6 Å². The molecule has 0 bridgehead atoms. The highest BCUT2D eigenvalue weighted by Crippen LogP contribution is 2.50. The predicted molar refractivity (Wildman–Crippen MR) is 128 cm³/mol. The third-order valence-electron chi connectivity index (χ3n) is 5.42. The van der Waals surface area contributed by atoms with Gasteiger partial charge >= 0.3 is 26.8 Å². The van der Waals surface area contributed by atoms with E-state index in [2.05, 4.69) is 8.37 Å². The highest BCUT2D eigenvalue weighted by Gasteiger charge is 2.48. The molecule has 0 saturated carbocycles. The lowest BCUT2D eigenvalue weighted by molar-refractivity contribution is -0.0806. The molecule has 4 aromatic rings. The fraction of sp³-hybridized carbons (Fsp3) is 0.0400. The molecule has 4 aromatic carbocycles. The van der Waals surface area contributed by atoms with E-state index in [1.54, 1.807) is 12.1 Å². The summed E-state index contributed by atoms with van der Waals surface area (Å²) in [5.74, 6) is -1.58. The summed E-state index contributed by atoms with van der Waals surface area (Å²) in [7, 11) is -10.4. The summed E-state index contributed by atoms with van der Waals surface area (Å²) < 4.78 is 90.2. The molecule has 0 atom stereocenters.